The zero-order chi connectivity index (χ0) is 25.4. The van der Waals surface area contributed by atoms with Gasteiger partial charge in [-0.05, 0) is 60.4 Å². The topological polar surface area (TPSA) is 54.7 Å². The van der Waals surface area contributed by atoms with Gasteiger partial charge in [0.15, 0.2) is 0 Å². The summed E-state index contributed by atoms with van der Waals surface area (Å²) in [5.41, 5.74) is 8.62. The maximum Gasteiger partial charge on any atom is 0.254 e. The van der Waals surface area contributed by atoms with Crippen molar-refractivity contribution in [1.82, 2.24) is 9.58 Å². The van der Waals surface area contributed by atoms with Crippen LogP contribution in [-0.2, 0) is 9.59 Å². The van der Waals surface area contributed by atoms with Crippen LogP contribution in [0.15, 0.2) is 88.4 Å². The van der Waals surface area contributed by atoms with Gasteiger partial charge in [-0.2, -0.15) is 10.1 Å². The van der Waals surface area contributed by atoms with Crippen LogP contribution in [-0.4, -0.2) is 27.6 Å². The number of aryl methyl sites for hydroxylation is 1. The summed E-state index contributed by atoms with van der Waals surface area (Å²) in [5.74, 6) is -1.50. The van der Waals surface area contributed by atoms with E-state index in [0.717, 1.165) is 54.4 Å². The molecule has 182 valence electrons. The second kappa shape index (κ2) is 8.12. The number of carbonyl (C=O) groups excluding carboxylic acids is 2. The number of imide groups is 1. The Labute approximate surface area is 223 Å². The molecule has 0 spiro atoms. The fourth-order valence-corrected chi connectivity index (χ4v) is 7.21. The van der Waals surface area contributed by atoms with Crippen LogP contribution < -0.4 is 0 Å². The number of rotatable bonds is 3. The van der Waals surface area contributed by atoms with E-state index in [9.17, 15) is 9.59 Å². The van der Waals surface area contributed by atoms with Gasteiger partial charge in [-0.25, -0.2) is 0 Å². The van der Waals surface area contributed by atoms with Crippen molar-refractivity contribution in [3.8, 4) is 5.69 Å². The van der Waals surface area contributed by atoms with Gasteiger partial charge in [-0.15, -0.1) is 0 Å². The van der Waals surface area contributed by atoms with Crippen molar-refractivity contribution < 1.29 is 9.59 Å². The minimum Gasteiger partial charge on any atom is -0.318 e. The molecule has 2 bridgehead atoms. The molecule has 4 aromatic rings. The first-order valence-corrected chi connectivity index (χ1v) is 13.3. The Bertz CT molecular complexity index is 1540. The molecule has 2 heterocycles. The molecule has 3 aliphatic carbocycles. The molecule has 0 unspecified atom stereocenters. The molecule has 2 amide bonds. The molecule has 8 rings (SSSR count). The SMILES string of the molecule is Cc1cc(/C=N\N2C(=O)[C@@H]3C4c5ccccc5C(c5ccccc54)[C@@H]3C2=O)c(C)n1-c1cccc(Br)c1. The normalized spacial score (nSPS) is 23.5. The lowest BCUT2D eigenvalue weighted by atomic mass is 9.55. The van der Waals surface area contributed by atoms with Crippen LogP contribution in [0.2, 0.25) is 0 Å². The van der Waals surface area contributed by atoms with E-state index in [-0.39, 0.29) is 23.7 Å². The zero-order valence-corrected chi connectivity index (χ0v) is 22.0. The second-order valence-electron chi connectivity index (χ2n) is 10.1. The van der Waals surface area contributed by atoms with Crippen LogP contribution in [0.3, 0.4) is 0 Å². The highest BCUT2D eigenvalue weighted by Crippen LogP contribution is 2.60. The van der Waals surface area contributed by atoms with Gasteiger partial charge in [0.2, 0.25) is 0 Å². The number of hydrogen-bond acceptors (Lipinski definition) is 3. The number of carbonyl (C=O) groups is 2. The predicted molar refractivity (Wildman–Crippen MR) is 146 cm³/mol. The maximum atomic E-state index is 13.8. The van der Waals surface area contributed by atoms with E-state index >= 15 is 0 Å². The fraction of sp³-hybridized carbons (Fsp3) is 0.194. The smallest absolute Gasteiger partial charge is 0.254 e. The first-order valence-electron chi connectivity index (χ1n) is 12.5. The third kappa shape index (κ3) is 3.12. The molecular weight excluding hydrogens is 526 g/mol. The number of halogens is 1. The maximum absolute atomic E-state index is 13.8. The first-order chi connectivity index (χ1) is 18.0. The highest BCUT2D eigenvalue weighted by Gasteiger charge is 2.61. The van der Waals surface area contributed by atoms with Crippen molar-refractivity contribution in [2.75, 3.05) is 0 Å². The number of hydrazone groups is 1. The summed E-state index contributed by atoms with van der Waals surface area (Å²) in [7, 11) is 0. The molecule has 4 aliphatic rings. The van der Waals surface area contributed by atoms with Gasteiger partial charge in [0.25, 0.3) is 11.8 Å². The quantitative estimate of drug-likeness (QED) is 0.229. The molecular formula is C31H24BrN3O2. The molecule has 1 aliphatic heterocycles. The minimum absolute atomic E-state index is 0.124. The van der Waals surface area contributed by atoms with Crippen molar-refractivity contribution in [2.24, 2.45) is 16.9 Å². The van der Waals surface area contributed by atoms with Crippen LogP contribution >= 0.6 is 15.9 Å². The van der Waals surface area contributed by atoms with Gasteiger partial charge in [0, 0.05) is 38.9 Å². The highest BCUT2D eigenvalue weighted by molar-refractivity contribution is 9.10. The minimum atomic E-state index is -0.423. The molecule has 1 saturated heterocycles. The first kappa shape index (κ1) is 22.4. The van der Waals surface area contributed by atoms with Crippen LogP contribution in [0.5, 0.6) is 0 Å². The van der Waals surface area contributed by atoms with Crippen LogP contribution in [0, 0.1) is 25.7 Å². The van der Waals surface area contributed by atoms with Crippen molar-refractivity contribution in [3.63, 3.8) is 0 Å². The van der Waals surface area contributed by atoms with Gasteiger partial charge in [-0.3, -0.25) is 9.59 Å². The summed E-state index contributed by atoms with van der Waals surface area (Å²) in [6.45, 7) is 4.06. The number of benzene rings is 3. The highest BCUT2D eigenvalue weighted by atomic mass is 79.9. The monoisotopic (exact) mass is 549 g/mol. The lowest BCUT2D eigenvalue weighted by Crippen LogP contribution is -2.41. The number of amides is 2. The Kier molecular flexibility index (Phi) is 4.92. The Morgan fingerprint density at radius 3 is 1.81 bits per heavy atom. The van der Waals surface area contributed by atoms with E-state index in [1.165, 1.54) is 0 Å². The molecule has 37 heavy (non-hydrogen) atoms. The molecule has 0 saturated carbocycles. The van der Waals surface area contributed by atoms with Crippen LogP contribution in [0.1, 0.15) is 51.0 Å². The summed E-state index contributed by atoms with van der Waals surface area (Å²) in [6, 6.07) is 26.7. The van der Waals surface area contributed by atoms with Crippen molar-refractivity contribution >= 4 is 34.0 Å². The van der Waals surface area contributed by atoms with E-state index in [1.54, 1.807) is 6.21 Å². The van der Waals surface area contributed by atoms with E-state index in [2.05, 4.69) is 62.0 Å². The lowest BCUT2D eigenvalue weighted by molar-refractivity contribution is -0.139. The van der Waals surface area contributed by atoms with Crippen molar-refractivity contribution in [2.45, 2.75) is 25.7 Å². The standard InChI is InChI=1S/C31H24BrN3O2/c1-17-14-19(18(2)34(17)21-9-7-8-20(32)15-21)16-33-35-30(36)28-26-22-10-3-4-11-23(22)27(29(28)31(35)37)25-13-6-5-12-24(25)26/h3-16,26-29H,1-2H3/b33-16-/t26?,27?,28-,29+. The number of hydrogen-bond donors (Lipinski definition) is 0. The largest absolute Gasteiger partial charge is 0.318 e. The van der Waals surface area contributed by atoms with E-state index in [4.69, 9.17) is 0 Å². The van der Waals surface area contributed by atoms with Gasteiger partial charge >= 0.3 is 0 Å². The van der Waals surface area contributed by atoms with Gasteiger partial charge in [0.05, 0.1) is 18.1 Å². The average molecular weight is 550 g/mol. The number of nitrogens with zero attached hydrogens (tertiary/aromatic N) is 3. The molecule has 1 fully saturated rings. The summed E-state index contributed by atoms with van der Waals surface area (Å²) < 4.78 is 3.15. The Balaban J connectivity index is 1.27. The molecule has 0 radical (unpaired) electrons. The summed E-state index contributed by atoms with van der Waals surface area (Å²) >= 11 is 3.55. The van der Waals surface area contributed by atoms with Crippen LogP contribution in [0.25, 0.3) is 5.69 Å². The van der Waals surface area contributed by atoms with Crippen molar-refractivity contribution in [1.29, 1.82) is 0 Å². The van der Waals surface area contributed by atoms with Crippen LogP contribution in [0.4, 0.5) is 0 Å². The molecule has 1 aromatic heterocycles. The van der Waals surface area contributed by atoms with Crippen molar-refractivity contribution in [3.05, 3.63) is 123 Å². The molecule has 3 aromatic carbocycles. The Morgan fingerprint density at radius 2 is 1.30 bits per heavy atom. The zero-order valence-electron chi connectivity index (χ0n) is 20.4. The third-order valence-corrected chi connectivity index (χ3v) is 8.77. The summed E-state index contributed by atoms with van der Waals surface area (Å²) in [5, 5.41) is 5.65. The van der Waals surface area contributed by atoms with E-state index in [0.29, 0.717) is 0 Å². The average Bonchev–Trinajstić information content (AvgIpc) is 3.34. The summed E-state index contributed by atoms with van der Waals surface area (Å²) in [6.07, 6.45) is 1.66. The molecule has 6 heteroatoms. The number of aromatic nitrogens is 1. The second-order valence-corrected chi connectivity index (χ2v) is 11.1. The van der Waals surface area contributed by atoms with E-state index in [1.807, 2.05) is 56.3 Å². The van der Waals surface area contributed by atoms with Gasteiger partial charge < -0.3 is 4.57 Å². The van der Waals surface area contributed by atoms with Gasteiger partial charge in [0.1, 0.15) is 0 Å². The van der Waals surface area contributed by atoms with E-state index < -0.39 is 11.8 Å². The fourth-order valence-electron chi connectivity index (χ4n) is 6.83. The summed E-state index contributed by atoms with van der Waals surface area (Å²) in [4.78, 5) is 27.6. The third-order valence-electron chi connectivity index (χ3n) is 8.27. The molecule has 0 N–H and O–H groups in total. The van der Waals surface area contributed by atoms with Gasteiger partial charge in [-0.1, -0.05) is 70.5 Å². The lowest BCUT2D eigenvalue weighted by Gasteiger charge is -2.45. The molecule has 2 atom stereocenters. The molecule has 5 nitrogen and oxygen atoms in total. The Morgan fingerprint density at radius 1 is 0.757 bits per heavy atom. The Hall–Kier alpha value is -3.77. The predicted octanol–water partition coefficient (Wildman–Crippen LogP) is 6.08.